The van der Waals surface area contributed by atoms with E-state index in [1.165, 1.54) is 18.3 Å². The van der Waals surface area contributed by atoms with Gasteiger partial charge in [-0.25, -0.2) is 4.79 Å². The fourth-order valence-electron chi connectivity index (χ4n) is 1.24. The molecule has 0 spiro atoms. The van der Waals surface area contributed by atoms with Gasteiger partial charge in [-0.3, -0.25) is 0 Å². The molecule has 0 amide bonds. The van der Waals surface area contributed by atoms with Crippen LogP contribution in [-0.4, -0.2) is 21.3 Å². The maximum atomic E-state index is 10.7. The molecular formula is C10H7NO4. The minimum absolute atomic E-state index is 0.118. The number of carbonyl (C=O) groups is 1. The number of carboxylic acid groups (broad SMARTS) is 1. The van der Waals surface area contributed by atoms with E-state index < -0.39 is 5.97 Å². The van der Waals surface area contributed by atoms with Crippen LogP contribution in [0.5, 0.6) is 5.75 Å². The van der Waals surface area contributed by atoms with Crippen LogP contribution in [0.2, 0.25) is 0 Å². The smallest absolute Gasteiger partial charge is 0.375 e. The molecule has 5 heteroatoms. The zero-order chi connectivity index (χ0) is 10.8. The second-order valence-electron chi connectivity index (χ2n) is 2.92. The number of phenols is 1. The summed E-state index contributed by atoms with van der Waals surface area (Å²) in [5.41, 5.74) is 1.02. The summed E-state index contributed by atoms with van der Waals surface area (Å²) in [4.78, 5) is 10.7. The summed E-state index contributed by atoms with van der Waals surface area (Å²) in [7, 11) is 0. The van der Waals surface area contributed by atoms with E-state index in [9.17, 15) is 4.79 Å². The van der Waals surface area contributed by atoms with Crippen molar-refractivity contribution in [3.05, 3.63) is 36.2 Å². The summed E-state index contributed by atoms with van der Waals surface area (Å²) in [5.74, 6) is -1.26. The minimum Gasteiger partial charge on any atom is -0.508 e. The van der Waals surface area contributed by atoms with Gasteiger partial charge in [-0.1, -0.05) is 17.3 Å². The monoisotopic (exact) mass is 205 g/mol. The maximum Gasteiger partial charge on any atom is 0.375 e. The van der Waals surface area contributed by atoms with Gasteiger partial charge in [-0.2, -0.15) is 0 Å². The van der Waals surface area contributed by atoms with Crippen LogP contribution < -0.4 is 0 Å². The first-order valence-corrected chi connectivity index (χ1v) is 4.16. The van der Waals surface area contributed by atoms with Crippen molar-refractivity contribution < 1.29 is 19.5 Å². The Labute approximate surface area is 84.6 Å². The molecule has 0 aliphatic carbocycles. The molecule has 0 unspecified atom stereocenters. The Morgan fingerprint density at radius 3 is 2.53 bits per heavy atom. The second kappa shape index (κ2) is 3.45. The number of rotatable bonds is 2. The average molecular weight is 205 g/mol. The van der Waals surface area contributed by atoms with Gasteiger partial charge in [0.2, 0.25) is 0 Å². The van der Waals surface area contributed by atoms with Crippen LogP contribution in [0, 0.1) is 0 Å². The van der Waals surface area contributed by atoms with Gasteiger partial charge in [0.25, 0.3) is 5.76 Å². The molecular weight excluding hydrogens is 198 g/mol. The van der Waals surface area contributed by atoms with E-state index >= 15 is 0 Å². The Morgan fingerprint density at radius 1 is 1.27 bits per heavy atom. The predicted molar refractivity (Wildman–Crippen MR) is 50.6 cm³/mol. The Hall–Kier alpha value is -2.30. The minimum atomic E-state index is -1.17. The largest absolute Gasteiger partial charge is 0.508 e. The molecule has 2 aromatic rings. The molecule has 2 rings (SSSR count). The van der Waals surface area contributed by atoms with Gasteiger partial charge in [0.15, 0.2) is 0 Å². The van der Waals surface area contributed by atoms with E-state index in [1.807, 2.05) is 0 Å². The van der Waals surface area contributed by atoms with E-state index in [0.29, 0.717) is 11.1 Å². The SMILES string of the molecule is O=C(O)c1oncc1-c1ccc(O)cc1. The molecule has 0 saturated heterocycles. The standard InChI is InChI=1S/C10H7NO4/c12-7-3-1-6(2-4-7)8-5-11-15-9(8)10(13)14/h1-5,12H,(H,13,14). The fourth-order valence-corrected chi connectivity index (χ4v) is 1.24. The molecule has 0 aliphatic heterocycles. The highest BCUT2D eigenvalue weighted by atomic mass is 16.5. The summed E-state index contributed by atoms with van der Waals surface area (Å²) < 4.78 is 4.60. The second-order valence-corrected chi connectivity index (χ2v) is 2.92. The number of phenolic OH excluding ortho intramolecular Hbond substituents is 1. The highest BCUT2D eigenvalue weighted by Gasteiger charge is 2.16. The number of aromatic hydroxyl groups is 1. The summed E-state index contributed by atoms with van der Waals surface area (Å²) in [6, 6.07) is 6.12. The van der Waals surface area contributed by atoms with Crippen molar-refractivity contribution in [2.75, 3.05) is 0 Å². The topological polar surface area (TPSA) is 83.6 Å². The zero-order valence-corrected chi connectivity index (χ0v) is 7.54. The molecule has 0 fully saturated rings. The molecule has 2 N–H and O–H groups in total. The van der Waals surface area contributed by atoms with Crippen LogP contribution in [0.1, 0.15) is 10.6 Å². The molecule has 1 aromatic heterocycles. The van der Waals surface area contributed by atoms with Gasteiger partial charge in [0.1, 0.15) is 5.75 Å². The van der Waals surface area contributed by atoms with Crippen molar-refractivity contribution in [2.24, 2.45) is 0 Å². The molecule has 1 heterocycles. The fraction of sp³-hybridized carbons (Fsp3) is 0. The number of aromatic carboxylic acids is 1. The van der Waals surface area contributed by atoms with Crippen LogP contribution in [0.4, 0.5) is 0 Å². The van der Waals surface area contributed by atoms with Gasteiger partial charge in [0, 0.05) is 0 Å². The van der Waals surface area contributed by atoms with Crippen molar-refractivity contribution in [1.82, 2.24) is 5.16 Å². The lowest BCUT2D eigenvalue weighted by Crippen LogP contribution is -1.95. The highest BCUT2D eigenvalue weighted by molar-refractivity contribution is 5.92. The molecule has 0 bridgehead atoms. The lowest BCUT2D eigenvalue weighted by atomic mass is 10.1. The molecule has 15 heavy (non-hydrogen) atoms. The molecule has 5 nitrogen and oxygen atoms in total. The lowest BCUT2D eigenvalue weighted by Gasteiger charge is -1.97. The summed E-state index contributed by atoms with van der Waals surface area (Å²) in [6.45, 7) is 0. The van der Waals surface area contributed by atoms with Gasteiger partial charge < -0.3 is 14.7 Å². The van der Waals surface area contributed by atoms with Gasteiger partial charge in [-0.15, -0.1) is 0 Å². The maximum absolute atomic E-state index is 10.7. The number of nitrogens with zero attached hydrogens (tertiary/aromatic N) is 1. The number of benzene rings is 1. The van der Waals surface area contributed by atoms with Crippen molar-refractivity contribution >= 4 is 5.97 Å². The van der Waals surface area contributed by atoms with Crippen molar-refractivity contribution in [3.63, 3.8) is 0 Å². The Balaban J connectivity index is 2.49. The predicted octanol–water partition coefficient (Wildman–Crippen LogP) is 1.75. The normalized spacial score (nSPS) is 10.1. The number of carboxylic acids is 1. The average Bonchev–Trinajstić information content (AvgIpc) is 2.67. The Bertz CT molecular complexity index is 486. The Morgan fingerprint density at radius 2 is 1.93 bits per heavy atom. The van der Waals surface area contributed by atoms with E-state index in [0.717, 1.165) is 0 Å². The van der Waals surface area contributed by atoms with Crippen molar-refractivity contribution in [2.45, 2.75) is 0 Å². The van der Waals surface area contributed by atoms with Crippen LogP contribution in [0.15, 0.2) is 35.0 Å². The van der Waals surface area contributed by atoms with Gasteiger partial charge >= 0.3 is 5.97 Å². The molecule has 0 atom stereocenters. The van der Waals surface area contributed by atoms with Crippen molar-refractivity contribution in [3.8, 4) is 16.9 Å². The highest BCUT2D eigenvalue weighted by Crippen LogP contribution is 2.25. The van der Waals surface area contributed by atoms with Crippen molar-refractivity contribution in [1.29, 1.82) is 0 Å². The third-order valence-electron chi connectivity index (χ3n) is 1.94. The molecule has 0 saturated carbocycles. The van der Waals surface area contributed by atoms with E-state index in [-0.39, 0.29) is 11.5 Å². The quantitative estimate of drug-likeness (QED) is 0.780. The summed E-state index contributed by atoms with van der Waals surface area (Å²) in [6.07, 6.45) is 1.33. The molecule has 76 valence electrons. The first kappa shape index (κ1) is 9.26. The number of aromatic nitrogens is 1. The first-order chi connectivity index (χ1) is 7.18. The molecule has 0 aliphatic rings. The Kier molecular flexibility index (Phi) is 2.13. The van der Waals surface area contributed by atoms with Crippen LogP contribution >= 0.6 is 0 Å². The van der Waals surface area contributed by atoms with Crippen LogP contribution in [-0.2, 0) is 0 Å². The third-order valence-corrected chi connectivity index (χ3v) is 1.94. The van der Waals surface area contributed by atoms with Gasteiger partial charge in [-0.05, 0) is 17.7 Å². The number of hydrogen-bond donors (Lipinski definition) is 2. The van der Waals surface area contributed by atoms with Crippen LogP contribution in [0.3, 0.4) is 0 Å². The number of hydrogen-bond acceptors (Lipinski definition) is 4. The summed E-state index contributed by atoms with van der Waals surface area (Å²) in [5, 5.41) is 21.3. The molecule has 1 aromatic carbocycles. The van der Waals surface area contributed by atoms with E-state index in [1.54, 1.807) is 12.1 Å². The zero-order valence-electron chi connectivity index (χ0n) is 7.54. The van der Waals surface area contributed by atoms with Gasteiger partial charge in [0.05, 0.1) is 11.8 Å². The van der Waals surface area contributed by atoms with Crippen LogP contribution in [0.25, 0.3) is 11.1 Å². The lowest BCUT2D eigenvalue weighted by molar-refractivity contribution is 0.0653. The van der Waals surface area contributed by atoms with E-state index in [2.05, 4.69) is 9.68 Å². The first-order valence-electron chi connectivity index (χ1n) is 4.16. The van der Waals surface area contributed by atoms with E-state index in [4.69, 9.17) is 10.2 Å². The molecule has 0 radical (unpaired) electrons. The third kappa shape index (κ3) is 1.67. The summed E-state index contributed by atoms with van der Waals surface area (Å²) >= 11 is 0.